The van der Waals surface area contributed by atoms with Crippen LogP contribution in [0.4, 0.5) is 0 Å². The molecule has 1 aliphatic rings. The van der Waals surface area contributed by atoms with Crippen LogP contribution in [0.15, 0.2) is 46.2 Å². The Balaban J connectivity index is 1.34. The summed E-state index contributed by atoms with van der Waals surface area (Å²) < 4.78 is 5.77. The molecule has 124 valence electrons. The summed E-state index contributed by atoms with van der Waals surface area (Å²) in [5.74, 6) is 2.18. The number of phenols is 1. The van der Waals surface area contributed by atoms with Crippen LogP contribution in [0.5, 0.6) is 5.75 Å². The van der Waals surface area contributed by atoms with Crippen molar-refractivity contribution in [1.82, 2.24) is 15.1 Å². The van der Waals surface area contributed by atoms with Gasteiger partial charge in [-0.15, -0.1) is 21.5 Å². The fourth-order valence-electron chi connectivity index (χ4n) is 3.18. The number of nitrogens with zero attached hydrogens (tertiary/aromatic N) is 3. The van der Waals surface area contributed by atoms with Crippen LogP contribution in [0, 0.1) is 0 Å². The lowest BCUT2D eigenvalue weighted by Gasteiger charge is -2.31. The summed E-state index contributed by atoms with van der Waals surface area (Å²) in [5, 5.41) is 19.7. The van der Waals surface area contributed by atoms with Crippen LogP contribution in [0.2, 0.25) is 0 Å². The van der Waals surface area contributed by atoms with Crippen LogP contribution in [0.25, 0.3) is 10.8 Å². The van der Waals surface area contributed by atoms with Crippen LogP contribution < -0.4 is 0 Å². The molecule has 0 bridgehead atoms. The quantitative estimate of drug-likeness (QED) is 0.780. The number of aromatic nitrogens is 2. The Morgan fingerprint density at radius 2 is 1.92 bits per heavy atom. The zero-order chi connectivity index (χ0) is 16.4. The lowest BCUT2D eigenvalue weighted by molar-refractivity contribution is 0.188. The second-order valence-corrected chi connectivity index (χ2v) is 7.07. The van der Waals surface area contributed by atoms with E-state index in [4.69, 9.17) is 4.42 Å². The van der Waals surface area contributed by atoms with E-state index in [1.54, 1.807) is 23.5 Å². The standard InChI is InChI=1S/C18H19N3O2S/c22-15-5-3-13(4-6-15)14-7-9-21(10-8-14)12-17-19-20-18(23-17)16-2-1-11-24-16/h1-6,11,14,22H,7-10,12H2. The van der Waals surface area contributed by atoms with Crippen molar-refractivity contribution in [3.05, 3.63) is 53.2 Å². The molecule has 0 amide bonds. The van der Waals surface area contributed by atoms with Gasteiger partial charge < -0.3 is 9.52 Å². The van der Waals surface area contributed by atoms with Gasteiger partial charge in [0.2, 0.25) is 5.89 Å². The molecule has 0 aliphatic carbocycles. The Kier molecular flexibility index (Phi) is 4.32. The van der Waals surface area contributed by atoms with Crippen molar-refractivity contribution in [2.45, 2.75) is 25.3 Å². The van der Waals surface area contributed by atoms with Crippen molar-refractivity contribution >= 4 is 11.3 Å². The number of benzene rings is 1. The van der Waals surface area contributed by atoms with E-state index in [2.05, 4.69) is 15.1 Å². The topological polar surface area (TPSA) is 62.4 Å². The molecule has 2 aromatic heterocycles. The van der Waals surface area contributed by atoms with Crippen LogP contribution in [-0.4, -0.2) is 33.3 Å². The fourth-order valence-corrected chi connectivity index (χ4v) is 3.82. The molecular weight excluding hydrogens is 322 g/mol. The third-order valence-corrected chi connectivity index (χ3v) is 5.37. The number of likely N-dealkylation sites (tertiary alicyclic amines) is 1. The number of hydrogen-bond acceptors (Lipinski definition) is 6. The van der Waals surface area contributed by atoms with Gasteiger partial charge in [-0.05, 0) is 61.0 Å². The highest BCUT2D eigenvalue weighted by Crippen LogP contribution is 2.30. The monoisotopic (exact) mass is 341 g/mol. The van der Waals surface area contributed by atoms with Gasteiger partial charge in [0.25, 0.3) is 5.89 Å². The molecule has 0 radical (unpaired) electrons. The van der Waals surface area contributed by atoms with Crippen LogP contribution in [0.3, 0.4) is 0 Å². The first-order valence-electron chi connectivity index (χ1n) is 8.15. The highest BCUT2D eigenvalue weighted by Gasteiger charge is 2.22. The Morgan fingerprint density at radius 3 is 2.62 bits per heavy atom. The predicted molar refractivity (Wildman–Crippen MR) is 93.0 cm³/mol. The predicted octanol–water partition coefficient (Wildman–Crippen LogP) is 3.88. The number of phenolic OH excluding ortho intramolecular Hbond substituents is 1. The van der Waals surface area contributed by atoms with Crippen molar-refractivity contribution in [3.8, 4) is 16.5 Å². The Morgan fingerprint density at radius 1 is 1.12 bits per heavy atom. The number of thiophene rings is 1. The van der Waals surface area contributed by atoms with Gasteiger partial charge in [-0.2, -0.15) is 0 Å². The Labute approximate surface area is 144 Å². The summed E-state index contributed by atoms with van der Waals surface area (Å²) in [5.41, 5.74) is 1.31. The van der Waals surface area contributed by atoms with E-state index in [0.717, 1.165) is 30.8 Å². The molecule has 1 aliphatic heterocycles. The lowest BCUT2D eigenvalue weighted by atomic mass is 9.89. The Bertz CT molecular complexity index is 775. The minimum Gasteiger partial charge on any atom is -0.508 e. The molecule has 1 fully saturated rings. The van der Waals surface area contributed by atoms with Gasteiger partial charge in [0.1, 0.15) is 5.75 Å². The molecular formula is C18H19N3O2S. The summed E-state index contributed by atoms with van der Waals surface area (Å²) in [7, 11) is 0. The van der Waals surface area contributed by atoms with Crippen LogP contribution in [0.1, 0.15) is 30.2 Å². The largest absolute Gasteiger partial charge is 0.508 e. The van der Waals surface area contributed by atoms with Crippen LogP contribution in [-0.2, 0) is 6.54 Å². The SMILES string of the molecule is Oc1ccc(C2CCN(Cc3nnc(-c4cccs4)o3)CC2)cc1. The summed E-state index contributed by atoms with van der Waals surface area (Å²) in [6, 6.07) is 11.6. The minimum atomic E-state index is 0.328. The minimum absolute atomic E-state index is 0.328. The van der Waals surface area contributed by atoms with E-state index in [0.29, 0.717) is 30.0 Å². The number of piperidine rings is 1. The second kappa shape index (κ2) is 6.75. The molecule has 3 aromatic rings. The van der Waals surface area contributed by atoms with Crippen molar-refractivity contribution < 1.29 is 9.52 Å². The summed E-state index contributed by atoms with van der Waals surface area (Å²) in [6.07, 6.45) is 2.22. The zero-order valence-electron chi connectivity index (χ0n) is 13.3. The van der Waals surface area contributed by atoms with Crippen LogP contribution >= 0.6 is 11.3 Å². The number of rotatable bonds is 4. The van der Waals surface area contributed by atoms with E-state index in [9.17, 15) is 5.11 Å². The summed E-state index contributed by atoms with van der Waals surface area (Å²) >= 11 is 1.61. The highest BCUT2D eigenvalue weighted by molar-refractivity contribution is 7.13. The lowest BCUT2D eigenvalue weighted by Crippen LogP contribution is -2.32. The van der Waals surface area contributed by atoms with Crippen molar-refractivity contribution in [2.75, 3.05) is 13.1 Å². The van der Waals surface area contributed by atoms with Gasteiger partial charge in [0.05, 0.1) is 11.4 Å². The normalized spacial score (nSPS) is 16.5. The molecule has 0 unspecified atom stereocenters. The van der Waals surface area contributed by atoms with Gasteiger partial charge in [-0.3, -0.25) is 4.90 Å². The van der Waals surface area contributed by atoms with Crippen molar-refractivity contribution in [2.24, 2.45) is 0 Å². The Hall–Kier alpha value is -2.18. The van der Waals surface area contributed by atoms with Crippen molar-refractivity contribution in [3.63, 3.8) is 0 Å². The molecule has 5 nitrogen and oxygen atoms in total. The highest BCUT2D eigenvalue weighted by atomic mass is 32.1. The molecule has 0 spiro atoms. The van der Waals surface area contributed by atoms with E-state index in [1.807, 2.05) is 29.6 Å². The molecule has 1 saturated heterocycles. The number of aromatic hydroxyl groups is 1. The van der Waals surface area contributed by atoms with Gasteiger partial charge in [-0.25, -0.2) is 0 Å². The van der Waals surface area contributed by atoms with E-state index in [1.165, 1.54) is 5.56 Å². The molecule has 1 N–H and O–H groups in total. The summed E-state index contributed by atoms with van der Waals surface area (Å²) in [6.45, 7) is 2.74. The molecule has 6 heteroatoms. The maximum absolute atomic E-state index is 9.40. The first kappa shape index (κ1) is 15.4. The average molecular weight is 341 g/mol. The summed E-state index contributed by atoms with van der Waals surface area (Å²) in [4.78, 5) is 3.38. The molecule has 24 heavy (non-hydrogen) atoms. The van der Waals surface area contributed by atoms with E-state index in [-0.39, 0.29) is 0 Å². The molecule has 0 atom stereocenters. The van der Waals surface area contributed by atoms with Gasteiger partial charge in [0.15, 0.2) is 0 Å². The first-order chi connectivity index (χ1) is 11.8. The third-order valence-electron chi connectivity index (χ3n) is 4.51. The fraction of sp³-hybridized carbons (Fsp3) is 0.333. The zero-order valence-corrected chi connectivity index (χ0v) is 14.1. The maximum atomic E-state index is 9.40. The van der Waals surface area contributed by atoms with Crippen molar-refractivity contribution in [1.29, 1.82) is 0 Å². The average Bonchev–Trinajstić information content (AvgIpc) is 3.28. The van der Waals surface area contributed by atoms with E-state index >= 15 is 0 Å². The molecule has 0 saturated carbocycles. The van der Waals surface area contributed by atoms with E-state index < -0.39 is 0 Å². The van der Waals surface area contributed by atoms with Gasteiger partial charge >= 0.3 is 0 Å². The first-order valence-corrected chi connectivity index (χ1v) is 9.03. The van der Waals surface area contributed by atoms with Gasteiger partial charge in [-0.1, -0.05) is 18.2 Å². The maximum Gasteiger partial charge on any atom is 0.257 e. The number of hydrogen-bond donors (Lipinski definition) is 1. The molecule has 1 aromatic carbocycles. The second-order valence-electron chi connectivity index (χ2n) is 6.12. The third kappa shape index (κ3) is 3.34. The van der Waals surface area contributed by atoms with Gasteiger partial charge in [0, 0.05) is 0 Å². The molecule has 3 heterocycles. The molecule has 4 rings (SSSR count). The smallest absolute Gasteiger partial charge is 0.257 e.